The molecule has 3 N–H and O–H groups in total. The Morgan fingerprint density at radius 3 is 2.85 bits per heavy atom. The van der Waals surface area contributed by atoms with Crippen LogP contribution >= 0.6 is 11.6 Å². The van der Waals surface area contributed by atoms with E-state index in [1.54, 1.807) is 0 Å². The SMILES string of the molecule is Nc1cc(Cl)cnc1NCC(F)F. The molecule has 0 spiro atoms. The summed E-state index contributed by atoms with van der Waals surface area (Å²) in [4.78, 5) is 3.75. The second kappa shape index (κ2) is 4.23. The number of nitrogens with zero attached hydrogens (tertiary/aromatic N) is 1. The van der Waals surface area contributed by atoms with Crippen LogP contribution in [-0.2, 0) is 0 Å². The maximum Gasteiger partial charge on any atom is 0.255 e. The average molecular weight is 208 g/mol. The molecule has 0 aliphatic rings. The number of pyridine rings is 1. The Labute approximate surface area is 78.9 Å². The average Bonchev–Trinajstić information content (AvgIpc) is 2.02. The van der Waals surface area contributed by atoms with Crippen LogP contribution in [0.1, 0.15) is 0 Å². The normalized spacial score (nSPS) is 10.5. The summed E-state index contributed by atoms with van der Waals surface area (Å²) in [5.41, 5.74) is 5.71. The zero-order valence-electron chi connectivity index (χ0n) is 6.60. The second-order valence-electron chi connectivity index (χ2n) is 2.36. The van der Waals surface area contributed by atoms with E-state index in [1.165, 1.54) is 12.3 Å². The minimum absolute atomic E-state index is 0.227. The highest BCUT2D eigenvalue weighted by Crippen LogP contribution is 2.19. The number of halogens is 3. The molecule has 1 aromatic rings. The Hall–Kier alpha value is -1.10. The number of nitrogen functional groups attached to an aromatic ring is 1. The highest BCUT2D eigenvalue weighted by Gasteiger charge is 2.05. The van der Waals surface area contributed by atoms with Crippen molar-refractivity contribution >= 4 is 23.1 Å². The number of anilines is 2. The van der Waals surface area contributed by atoms with Crippen molar-refractivity contribution in [1.82, 2.24) is 4.98 Å². The van der Waals surface area contributed by atoms with E-state index in [1.807, 2.05) is 0 Å². The summed E-state index contributed by atoms with van der Waals surface area (Å²) in [7, 11) is 0. The van der Waals surface area contributed by atoms with Gasteiger partial charge >= 0.3 is 0 Å². The first-order chi connectivity index (χ1) is 6.09. The van der Waals surface area contributed by atoms with Gasteiger partial charge in [0.15, 0.2) is 0 Å². The molecule has 0 fully saturated rings. The third-order valence-electron chi connectivity index (χ3n) is 1.31. The molecule has 0 radical (unpaired) electrons. The van der Waals surface area contributed by atoms with Crippen molar-refractivity contribution in [2.24, 2.45) is 0 Å². The van der Waals surface area contributed by atoms with E-state index in [-0.39, 0.29) is 11.5 Å². The van der Waals surface area contributed by atoms with Crippen molar-refractivity contribution in [2.45, 2.75) is 6.43 Å². The first kappa shape index (κ1) is 9.98. The summed E-state index contributed by atoms with van der Waals surface area (Å²) in [6.07, 6.45) is -1.09. The largest absolute Gasteiger partial charge is 0.396 e. The molecule has 72 valence electrons. The number of hydrogen-bond donors (Lipinski definition) is 2. The van der Waals surface area contributed by atoms with E-state index >= 15 is 0 Å². The molecule has 0 aliphatic heterocycles. The van der Waals surface area contributed by atoms with Gasteiger partial charge in [-0.05, 0) is 6.07 Å². The molecule has 0 atom stereocenters. The van der Waals surface area contributed by atoms with Crippen LogP contribution in [0.2, 0.25) is 5.02 Å². The molecule has 1 aromatic heterocycles. The van der Waals surface area contributed by atoms with Crippen LogP contribution in [0.3, 0.4) is 0 Å². The highest BCUT2D eigenvalue weighted by atomic mass is 35.5. The van der Waals surface area contributed by atoms with Crippen molar-refractivity contribution in [1.29, 1.82) is 0 Å². The number of rotatable bonds is 3. The number of nitrogens with one attached hydrogen (secondary N) is 1. The molecule has 0 aliphatic carbocycles. The first-order valence-electron chi connectivity index (χ1n) is 3.52. The standard InChI is InChI=1S/C7H8ClF2N3/c8-4-1-5(11)7(12-2-4)13-3-6(9)10/h1-2,6H,3,11H2,(H,12,13). The van der Waals surface area contributed by atoms with E-state index in [0.717, 1.165) is 0 Å². The number of alkyl halides is 2. The van der Waals surface area contributed by atoms with E-state index in [9.17, 15) is 8.78 Å². The van der Waals surface area contributed by atoms with Gasteiger partial charge in [-0.2, -0.15) is 0 Å². The van der Waals surface area contributed by atoms with Crippen LogP contribution < -0.4 is 11.1 Å². The Bertz CT molecular complexity index is 293. The Morgan fingerprint density at radius 1 is 1.62 bits per heavy atom. The molecule has 1 heterocycles. The fraction of sp³-hybridized carbons (Fsp3) is 0.286. The fourth-order valence-electron chi connectivity index (χ4n) is 0.776. The van der Waals surface area contributed by atoms with Gasteiger partial charge in [0, 0.05) is 6.20 Å². The highest BCUT2D eigenvalue weighted by molar-refractivity contribution is 6.30. The molecule has 0 saturated carbocycles. The first-order valence-corrected chi connectivity index (χ1v) is 3.90. The van der Waals surface area contributed by atoms with Crippen LogP contribution in [-0.4, -0.2) is 18.0 Å². The lowest BCUT2D eigenvalue weighted by molar-refractivity contribution is 0.163. The van der Waals surface area contributed by atoms with Crippen LogP contribution in [0.25, 0.3) is 0 Å². The van der Waals surface area contributed by atoms with Gasteiger partial charge < -0.3 is 11.1 Å². The lowest BCUT2D eigenvalue weighted by Gasteiger charge is -2.06. The smallest absolute Gasteiger partial charge is 0.255 e. The Morgan fingerprint density at radius 2 is 2.31 bits per heavy atom. The third-order valence-corrected chi connectivity index (χ3v) is 1.51. The molecule has 0 unspecified atom stereocenters. The van der Waals surface area contributed by atoms with Crippen LogP contribution in [0, 0.1) is 0 Å². The van der Waals surface area contributed by atoms with Gasteiger partial charge in [-0.1, -0.05) is 11.6 Å². The van der Waals surface area contributed by atoms with Gasteiger partial charge in [0.05, 0.1) is 17.3 Å². The van der Waals surface area contributed by atoms with Gasteiger partial charge in [-0.25, -0.2) is 13.8 Å². The second-order valence-corrected chi connectivity index (χ2v) is 2.80. The van der Waals surface area contributed by atoms with Gasteiger partial charge in [-0.15, -0.1) is 0 Å². The molecule has 3 nitrogen and oxygen atoms in total. The zero-order valence-corrected chi connectivity index (χ0v) is 7.35. The topological polar surface area (TPSA) is 50.9 Å². The van der Waals surface area contributed by atoms with E-state index < -0.39 is 13.0 Å². The molecule has 0 bridgehead atoms. The zero-order chi connectivity index (χ0) is 9.84. The molecule has 0 saturated heterocycles. The monoisotopic (exact) mass is 207 g/mol. The summed E-state index contributed by atoms with van der Waals surface area (Å²) >= 11 is 5.56. The minimum Gasteiger partial charge on any atom is -0.396 e. The van der Waals surface area contributed by atoms with Gasteiger partial charge in [0.25, 0.3) is 6.43 Å². The fourth-order valence-corrected chi connectivity index (χ4v) is 0.943. The predicted octanol–water partition coefficient (Wildman–Crippen LogP) is 1.99. The van der Waals surface area contributed by atoms with Crippen molar-refractivity contribution < 1.29 is 8.78 Å². The summed E-state index contributed by atoms with van der Waals surface area (Å²) in [6.45, 7) is -0.473. The molecule has 0 aromatic carbocycles. The third kappa shape index (κ3) is 3.02. The quantitative estimate of drug-likeness (QED) is 0.797. The summed E-state index contributed by atoms with van der Waals surface area (Å²) in [5.74, 6) is 0.227. The number of aromatic nitrogens is 1. The van der Waals surface area contributed by atoms with Crippen LogP contribution in [0.15, 0.2) is 12.3 Å². The molecular formula is C7H8ClF2N3. The van der Waals surface area contributed by atoms with Crippen LogP contribution in [0.4, 0.5) is 20.3 Å². The number of hydrogen-bond acceptors (Lipinski definition) is 3. The molecule has 0 amide bonds. The number of nitrogens with two attached hydrogens (primary N) is 1. The van der Waals surface area contributed by atoms with E-state index in [2.05, 4.69) is 10.3 Å². The van der Waals surface area contributed by atoms with Crippen LogP contribution in [0.5, 0.6) is 0 Å². The molecule has 6 heteroatoms. The molecule has 13 heavy (non-hydrogen) atoms. The summed E-state index contributed by atoms with van der Waals surface area (Å²) in [6, 6.07) is 1.45. The van der Waals surface area contributed by atoms with Gasteiger partial charge in [0.2, 0.25) is 0 Å². The van der Waals surface area contributed by atoms with Gasteiger partial charge in [-0.3, -0.25) is 0 Å². The van der Waals surface area contributed by atoms with Crippen molar-refractivity contribution in [3.63, 3.8) is 0 Å². The summed E-state index contributed by atoms with van der Waals surface area (Å²) < 4.78 is 23.5. The maximum atomic E-state index is 11.8. The van der Waals surface area contributed by atoms with E-state index in [0.29, 0.717) is 5.02 Å². The Balaban J connectivity index is 2.67. The van der Waals surface area contributed by atoms with Crippen molar-refractivity contribution in [3.8, 4) is 0 Å². The van der Waals surface area contributed by atoms with Crippen molar-refractivity contribution in [3.05, 3.63) is 17.3 Å². The lowest BCUT2D eigenvalue weighted by atomic mass is 10.4. The van der Waals surface area contributed by atoms with Crippen molar-refractivity contribution in [2.75, 3.05) is 17.6 Å². The molecular weight excluding hydrogens is 200 g/mol. The molecule has 1 rings (SSSR count). The lowest BCUT2D eigenvalue weighted by Crippen LogP contribution is -2.12. The van der Waals surface area contributed by atoms with E-state index in [4.69, 9.17) is 17.3 Å². The maximum absolute atomic E-state index is 11.8. The van der Waals surface area contributed by atoms with Gasteiger partial charge in [0.1, 0.15) is 5.82 Å². The summed E-state index contributed by atoms with van der Waals surface area (Å²) in [5, 5.41) is 2.77. The predicted molar refractivity (Wildman–Crippen MR) is 48.2 cm³/mol. The minimum atomic E-state index is -2.43. The Kier molecular flexibility index (Phi) is 3.25.